The molecular weight excluding hydrogens is 202 g/mol. The van der Waals surface area contributed by atoms with Crippen LogP contribution in [0, 0.1) is 0 Å². The van der Waals surface area contributed by atoms with Crippen LogP contribution in [0.2, 0.25) is 0 Å². The molecule has 0 aromatic rings. The third-order valence-corrected chi connectivity index (χ3v) is 1.99. The number of hydrogen-bond acceptors (Lipinski definition) is 4. The highest BCUT2D eigenvalue weighted by atomic mass is 16.5. The van der Waals surface area contributed by atoms with Crippen LogP contribution in [0.15, 0.2) is 0 Å². The summed E-state index contributed by atoms with van der Waals surface area (Å²) in [6, 6.07) is 0. The molecule has 6 nitrogen and oxygen atoms in total. The van der Waals surface area contributed by atoms with Gasteiger partial charge in [-0.15, -0.1) is 0 Å². The minimum Gasteiger partial charge on any atom is -0.480 e. The predicted octanol–water partition coefficient (Wildman–Crippen LogP) is -0.617. The van der Waals surface area contributed by atoms with E-state index in [1.165, 1.54) is 0 Å². The third-order valence-electron chi connectivity index (χ3n) is 1.99. The van der Waals surface area contributed by atoms with Crippen molar-refractivity contribution >= 4 is 11.9 Å². The summed E-state index contributed by atoms with van der Waals surface area (Å²) in [5.74, 6) is -1.16. The smallest absolute Gasteiger partial charge is 0.329 e. The molecule has 1 rings (SSSR count). The Hall–Kier alpha value is -1.14. The Morgan fingerprint density at radius 2 is 2.33 bits per heavy atom. The molecule has 1 fully saturated rings. The van der Waals surface area contributed by atoms with Gasteiger partial charge in [-0.3, -0.25) is 4.79 Å². The molecule has 0 bridgehead atoms. The van der Waals surface area contributed by atoms with E-state index in [0.717, 1.165) is 12.8 Å². The number of rotatable bonds is 6. The molecule has 2 N–H and O–H groups in total. The minimum atomic E-state index is -1.01. The number of carboxylic acid groups (broad SMARTS) is 1. The standard InChI is InChI=1S/C9H15NO5/c11-8(12)6-14-5-3-10-9(13)7-2-1-4-15-7/h7H,1-6H2,(H,10,13)(H,11,12)/t7-/m1/s1. The molecule has 1 aliphatic rings. The molecule has 0 aliphatic carbocycles. The Kier molecular flexibility index (Phi) is 5.06. The fourth-order valence-electron chi connectivity index (χ4n) is 1.30. The van der Waals surface area contributed by atoms with Crippen LogP contribution in [0.1, 0.15) is 12.8 Å². The van der Waals surface area contributed by atoms with Crippen LogP contribution in [-0.4, -0.2) is 49.5 Å². The zero-order chi connectivity index (χ0) is 11.1. The normalized spacial score (nSPS) is 20.1. The summed E-state index contributed by atoms with van der Waals surface area (Å²) >= 11 is 0. The largest absolute Gasteiger partial charge is 0.480 e. The average molecular weight is 217 g/mol. The first-order chi connectivity index (χ1) is 7.20. The molecule has 1 saturated heterocycles. The van der Waals surface area contributed by atoms with Gasteiger partial charge in [-0.05, 0) is 12.8 Å². The van der Waals surface area contributed by atoms with Crippen LogP contribution >= 0.6 is 0 Å². The Labute approximate surface area is 87.5 Å². The summed E-state index contributed by atoms with van der Waals surface area (Å²) in [5, 5.41) is 10.9. The highest BCUT2D eigenvalue weighted by Crippen LogP contribution is 2.11. The molecule has 0 spiro atoms. The van der Waals surface area contributed by atoms with Crippen LogP contribution in [-0.2, 0) is 19.1 Å². The molecule has 0 saturated carbocycles. The highest BCUT2D eigenvalue weighted by molar-refractivity contribution is 5.80. The van der Waals surface area contributed by atoms with Crippen molar-refractivity contribution in [2.24, 2.45) is 0 Å². The van der Waals surface area contributed by atoms with Gasteiger partial charge in [-0.25, -0.2) is 4.79 Å². The lowest BCUT2D eigenvalue weighted by molar-refractivity contribution is -0.142. The molecule has 15 heavy (non-hydrogen) atoms. The molecule has 0 aromatic heterocycles. The second kappa shape index (κ2) is 6.36. The topological polar surface area (TPSA) is 84.9 Å². The van der Waals surface area contributed by atoms with Gasteiger partial charge < -0.3 is 19.9 Å². The monoisotopic (exact) mass is 217 g/mol. The van der Waals surface area contributed by atoms with Crippen LogP contribution in [0.5, 0.6) is 0 Å². The molecule has 1 amide bonds. The number of nitrogens with one attached hydrogen (secondary N) is 1. The van der Waals surface area contributed by atoms with Gasteiger partial charge in [0.2, 0.25) is 5.91 Å². The fraction of sp³-hybridized carbons (Fsp3) is 0.778. The summed E-state index contributed by atoms with van der Waals surface area (Å²) in [5.41, 5.74) is 0. The minimum absolute atomic E-state index is 0.147. The molecule has 1 aliphatic heterocycles. The Balaban J connectivity index is 1.99. The van der Waals surface area contributed by atoms with Gasteiger partial charge in [0.05, 0.1) is 6.61 Å². The van der Waals surface area contributed by atoms with E-state index in [0.29, 0.717) is 13.2 Å². The van der Waals surface area contributed by atoms with Crippen molar-refractivity contribution < 1.29 is 24.2 Å². The van der Waals surface area contributed by atoms with E-state index in [-0.39, 0.29) is 25.2 Å². The summed E-state index contributed by atoms with van der Waals surface area (Å²) in [6.07, 6.45) is 1.32. The first kappa shape index (κ1) is 11.9. The number of carbonyl (C=O) groups excluding carboxylic acids is 1. The molecule has 1 atom stereocenters. The number of amides is 1. The van der Waals surface area contributed by atoms with E-state index in [1.807, 2.05) is 0 Å². The number of ether oxygens (including phenoxy) is 2. The molecule has 6 heteroatoms. The van der Waals surface area contributed by atoms with Gasteiger partial charge in [-0.1, -0.05) is 0 Å². The first-order valence-corrected chi connectivity index (χ1v) is 4.89. The van der Waals surface area contributed by atoms with Crippen molar-refractivity contribution in [2.45, 2.75) is 18.9 Å². The van der Waals surface area contributed by atoms with Crippen molar-refractivity contribution in [3.05, 3.63) is 0 Å². The van der Waals surface area contributed by atoms with Crippen molar-refractivity contribution in [1.82, 2.24) is 5.32 Å². The van der Waals surface area contributed by atoms with Gasteiger partial charge in [0, 0.05) is 13.2 Å². The van der Waals surface area contributed by atoms with E-state index >= 15 is 0 Å². The highest BCUT2D eigenvalue weighted by Gasteiger charge is 2.22. The van der Waals surface area contributed by atoms with Crippen molar-refractivity contribution in [2.75, 3.05) is 26.4 Å². The van der Waals surface area contributed by atoms with Gasteiger partial charge in [0.15, 0.2) is 0 Å². The zero-order valence-electron chi connectivity index (χ0n) is 8.40. The van der Waals surface area contributed by atoms with E-state index in [4.69, 9.17) is 14.6 Å². The number of hydrogen-bond donors (Lipinski definition) is 2. The lowest BCUT2D eigenvalue weighted by atomic mass is 10.2. The van der Waals surface area contributed by atoms with E-state index in [2.05, 4.69) is 5.32 Å². The summed E-state index contributed by atoms with van der Waals surface area (Å²) in [6.45, 7) is 0.806. The number of carboxylic acids is 1. The second-order valence-corrected chi connectivity index (χ2v) is 3.24. The molecule has 0 unspecified atom stereocenters. The zero-order valence-corrected chi connectivity index (χ0v) is 8.40. The average Bonchev–Trinajstić information content (AvgIpc) is 2.69. The first-order valence-electron chi connectivity index (χ1n) is 4.89. The molecule has 0 radical (unpaired) electrons. The van der Waals surface area contributed by atoms with E-state index < -0.39 is 5.97 Å². The molecule has 1 heterocycles. The van der Waals surface area contributed by atoms with Gasteiger partial charge in [-0.2, -0.15) is 0 Å². The molecule has 0 aromatic carbocycles. The van der Waals surface area contributed by atoms with Crippen LogP contribution in [0.4, 0.5) is 0 Å². The van der Waals surface area contributed by atoms with Crippen LogP contribution < -0.4 is 5.32 Å². The Morgan fingerprint density at radius 1 is 1.53 bits per heavy atom. The van der Waals surface area contributed by atoms with Gasteiger partial charge in [0.25, 0.3) is 0 Å². The predicted molar refractivity (Wildman–Crippen MR) is 50.4 cm³/mol. The van der Waals surface area contributed by atoms with Crippen LogP contribution in [0.25, 0.3) is 0 Å². The second-order valence-electron chi connectivity index (χ2n) is 3.24. The van der Waals surface area contributed by atoms with Crippen LogP contribution in [0.3, 0.4) is 0 Å². The fourth-order valence-corrected chi connectivity index (χ4v) is 1.30. The van der Waals surface area contributed by atoms with Crippen molar-refractivity contribution in [3.8, 4) is 0 Å². The van der Waals surface area contributed by atoms with Crippen molar-refractivity contribution in [3.63, 3.8) is 0 Å². The summed E-state index contributed by atoms with van der Waals surface area (Å²) in [7, 11) is 0. The SMILES string of the molecule is O=C(O)COCCNC(=O)[C@H]1CCCO1. The van der Waals surface area contributed by atoms with Crippen molar-refractivity contribution in [1.29, 1.82) is 0 Å². The van der Waals surface area contributed by atoms with E-state index in [9.17, 15) is 9.59 Å². The summed E-state index contributed by atoms with van der Waals surface area (Å²) < 4.78 is 9.92. The van der Waals surface area contributed by atoms with Gasteiger partial charge in [0.1, 0.15) is 12.7 Å². The summed E-state index contributed by atoms with van der Waals surface area (Å²) in [4.78, 5) is 21.4. The lowest BCUT2D eigenvalue weighted by Gasteiger charge is -2.09. The van der Waals surface area contributed by atoms with E-state index in [1.54, 1.807) is 0 Å². The van der Waals surface area contributed by atoms with Gasteiger partial charge >= 0.3 is 5.97 Å². The molecule has 86 valence electrons. The maximum atomic E-state index is 11.3. The number of aliphatic carboxylic acids is 1. The maximum Gasteiger partial charge on any atom is 0.329 e. The molecular formula is C9H15NO5. The Morgan fingerprint density at radius 3 is 2.93 bits per heavy atom. The number of carbonyl (C=O) groups is 2. The third kappa shape index (κ3) is 4.75. The lowest BCUT2D eigenvalue weighted by Crippen LogP contribution is -2.36. The Bertz CT molecular complexity index is 225. The quantitative estimate of drug-likeness (QED) is 0.579. The maximum absolute atomic E-state index is 11.3.